The van der Waals surface area contributed by atoms with Gasteiger partial charge in [0.15, 0.2) is 0 Å². The molecule has 36 heavy (non-hydrogen) atoms. The topological polar surface area (TPSA) is 18.5 Å². The van der Waals surface area contributed by atoms with Crippen LogP contribution in [0, 0.1) is 5.92 Å². The van der Waals surface area contributed by atoms with Crippen molar-refractivity contribution in [2.75, 3.05) is 19.8 Å². The third-order valence-electron chi connectivity index (χ3n) is 7.53. The van der Waals surface area contributed by atoms with Crippen molar-refractivity contribution in [2.24, 2.45) is 5.92 Å². The van der Waals surface area contributed by atoms with Crippen molar-refractivity contribution in [3.8, 4) is 0 Å². The highest BCUT2D eigenvalue weighted by molar-refractivity contribution is 4.61. The molecule has 218 valence electrons. The lowest BCUT2D eigenvalue weighted by Crippen LogP contribution is -2.23. The minimum atomic E-state index is 0.287. The first kappa shape index (κ1) is 35.9. The molecule has 0 rings (SSSR count). The summed E-state index contributed by atoms with van der Waals surface area (Å²) in [4.78, 5) is 0. The highest BCUT2D eigenvalue weighted by Crippen LogP contribution is 2.15. The summed E-state index contributed by atoms with van der Waals surface area (Å²) in [6.07, 6.45) is 34.9. The van der Waals surface area contributed by atoms with Crippen LogP contribution in [-0.4, -0.2) is 25.9 Å². The van der Waals surface area contributed by atoms with E-state index in [1.807, 2.05) is 0 Å². The van der Waals surface area contributed by atoms with Gasteiger partial charge < -0.3 is 9.47 Å². The van der Waals surface area contributed by atoms with Crippen LogP contribution < -0.4 is 0 Å². The van der Waals surface area contributed by atoms with Crippen molar-refractivity contribution in [2.45, 2.75) is 194 Å². The molecule has 2 heteroatoms. The predicted molar refractivity (Wildman–Crippen MR) is 162 cm³/mol. The van der Waals surface area contributed by atoms with E-state index in [9.17, 15) is 0 Å². The molecule has 0 heterocycles. The molecule has 0 fully saturated rings. The highest BCUT2D eigenvalue weighted by Gasteiger charge is 2.11. The molecule has 0 saturated carbocycles. The Morgan fingerprint density at radius 2 is 0.750 bits per heavy atom. The van der Waals surface area contributed by atoms with E-state index < -0.39 is 0 Å². The number of hydrogen-bond acceptors (Lipinski definition) is 2. The highest BCUT2D eigenvalue weighted by atomic mass is 16.5. The van der Waals surface area contributed by atoms with Crippen LogP contribution in [0.3, 0.4) is 0 Å². The summed E-state index contributed by atoms with van der Waals surface area (Å²) in [7, 11) is 0. The molecule has 0 radical (unpaired) electrons. The third-order valence-corrected chi connectivity index (χ3v) is 7.53. The van der Waals surface area contributed by atoms with E-state index in [1.165, 1.54) is 154 Å². The van der Waals surface area contributed by atoms with Gasteiger partial charge in [0.2, 0.25) is 0 Å². The fraction of sp³-hybridized carbons (Fsp3) is 1.00. The Kier molecular flexibility index (Phi) is 31.1. The normalized spacial score (nSPS) is 12.6. The standard InChI is InChI=1S/C34H70O2/c1-5-7-9-11-13-15-17-19-21-23-25-27-29-35-32-34(31-33(3)4)36-30-28-26-24-22-20-18-16-14-12-10-8-6-2/h33-34H,5-32H2,1-4H3. The summed E-state index contributed by atoms with van der Waals surface area (Å²) >= 11 is 0. The fourth-order valence-electron chi connectivity index (χ4n) is 5.16. The zero-order valence-electron chi connectivity index (χ0n) is 25.8. The van der Waals surface area contributed by atoms with Gasteiger partial charge in [-0.15, -0.1) is 0 Å². The van der Waals surface area contributed by atoms with E-state index in [0.29, 0.717) is 5.92 Å². The number of unbranched alkanes of at least 4 members (excludes halogenated alkanes) is 22. The number of hydrogen-bond donors (Lipinski definition) is 0. The first-order valence-electron chi connectivity index (χ1n) is 16.9. The Morgan fingerprint density at radius 3 is 1.11 bits per heavy atom. The summed E-state index contributed by atoms with van der Waals surface area (Å²) in [6.45, 7) is 11.8. The molecule has 0 amide bonds. The lowest BCUT2D eigenvalue weighted by atomic mass is 10.1. The van der Waals surface area contributed by atoms with Crippen molar-refractivity contribution in [1.82, 2.24) is 0 Å². The molecule has 0 aliphatic heterocycles. The van der Waals surface area contributed by atoms with Crippen LogP contribution in [0.4, 0.5) is 0 Å². The van der Waals surface area contributed by atoms with E-state index in [2.05, 4.69) is 27.7 Å². The van der Waals surface area contributed by atoms with Crippen LogP contribution in [0.5, 0.6) is 0 Å². The van der Waals surface area contributed by atoms with Gasteiger partial charge in [0.1, 0.15) is 0 Å². The molecule has 1 unspecified atom stereocenters. The molecule has 2 nitrogen and oxygen atoms in total. The zero-order valence-corrected chi connectivity index (χ0v) is 25.8. The van der Waals surface area contributed by atoms with Crippen molar-refractivity contribution in [1.29, 1.82) is 0 Å². The molecule has 0 aliphatic carbocycles. The van der Waals surface area contributed by atoms with Crippen molar-refractivity contribution in [3.63, 3.8) is 0 Å². The Labute approximate surface area is 229 Å². The minimum Gasteiger partial charge on any atom is -0.379 e. The Bertz CT molecular complexity index is 381. The molecular weight excluding hydrogens is 440 g/mol. The molecule has 0 aromatic heterocycles. The average Bonchev–Trinajstić information content (AvgIpc) is 2.86. The molecular formula is C34H70O2. The summed E-state index contributed by atoms with van der Waals surface area (Å²) in [5, 5.41) is 0. The van der Waals surface area contributed by atoms with Gasteiger partial charge in [-0.1, -0.05) is 169 Å². The van der Waals surface area contributed by atoms with E-state index in [-0.39, 0.29) is 6.10 Å². The van der Waals surface area contributed by atoms with Crippen molar-refractivity contribution < 1.29 is 9.47 Å². The van der Waals surface area contributed by atoms with Gasteiger partial charge in [-0.05, 0) is 25.2 Å². The first-order valence-corrected chi connectivity index (χ1v) is 16.9. The van der Waals surface area contributed by atoms with E-state index in [1.54, 1.807) is 0 Å². The summed E-state index contributed by atoms with van der Waals surface area (Å²) in [5.74, 6) is 0.673. The summed E-state index contributed by atoms with van der Waals surface area (Å²) < 4.78 is 12.3. The molecule has 0 aromatic rings. The largest absolute Gasteiger partial charge is 0.379 e. The first-order chi connectivity index (χ1) is 17.7. The van der Waals surface area contributed by atoms with Crippen molar-refractivity contribution in [3.05, 3.63) is 0 Å². The number of rotatable bonds is 31. The molecule has 0 spiro atoms. The quantitative estimate of drug-likeness (QED) is 0.0863. The molecule has 1 atom stereocenters. The number of ether oxygens (including phenoxy) is 2. The van der Waals surface area contributed by atoms with Gasteiger partial charge in [-0.2, -0.15) is 0 Å². The van der Waals surface area contributed by atoms with Crippen LogP contribution >= 0.6 is 0 Å². The lowest BCUT2D eigenvalue weighted by Gasteiger charge is -2.20. The maximum Gasteiger partial charge on any atom is 0.0810 e. The van der Waals surface area contributed by atoms with Gasteiger partial charge in [0.05, 0.1) is 12.7 Å². The SMILES string of the molecule is CCCCCCCCCCCCCCOCC(CC(C)C)OCCCCCCCCCCCCCC. The molecule has 0 bridgehead atoms. The van der Waals surface area contributed by atoms with E-state index in [0.717, 1.165) is 26.2 Å². The Balaban J connectivity index is 3.49. The van der Waals surface area contributed by atoms with Crippen LogP contribution in [-0.2, 0) is 9.47 Å². The smallest absolute Gasteiger partial charge is 0.0810 e. The lowest BCUT2D eigenvalue weighted by molar-refractivity contribution is -0.0278. The van der Waals surface area contributed by atoms with Crippen LogP contribution in [0.25, 0.3) is 0 Å². The van der Waals surface area contributed by atoms with Crippen LogP contribution in [0.2, 0.25) is 0 Å². The third kappa shape index (κ3) is 30.1. The fourth-order valence-corrected chi connectivity index (χ4v) is 5.16. The zero-order chi connectivity index (χ0) is 26.4. The molecule has 0 aliphatic rings. The van der Waals surface area contributed by atoms with Gasteiger partial charge in [0, 0.05) is 13.2 Å². The summed E-state index contributed by atoms with van der Waals surface area (Å²) in [5.41, 5.74) is 0. The Hall–Kier alpha value is -0.0800. The second-order valence-electron chi connectivity index (χ2n) is 12.0. The molecule has 0 N–H and O–H groups in total. The second kappa shape index (κ2) is 31.1. The van der Waals surface area contributed by atoms with E-state index in [4.69, 9.17) is 9.47 Å². The van der Waals surface area contributed by atoms with Crippen LogP contribution in [0.15, 0.2) is 0 Å². The average molecular weight is 511 g/mol. The minimum absolute atomic E-state index is 0.287. The second-order valence-corrected chi connectivity index (χ2v) is 12.0. The maximum absolute atomic E-state index is 6.23. The predicted octanol–water partition coefficient (Wildman–Crippen LogP) is 11.8. The summed E-state index contributed by atoms with van der Waals surface area (Å²) in [6, 6.07) is 0. The molecule has 0 saturated heterocycles. The van der Waals surface area contributed by atoms with Gasteiger partial charge in [0.25, 0.3) is 0 Å². The van der Waals surface area contributed by atoms with Crippen molar-refractivity contribution >= 4 is 0 Å². The van der Waals surface area contributed by atoms with Gasteiger partial charge in [-0.3, -0.25) is 0 Å². The Morgan fingerprint density at radius 1 is 0.417 bits per heavy atom. The monoisotopic (exact) mass is 511 g/mol. The van der Waals surface area contributed by atoms with Gasteiger partial charge >= 0.3 is 0 Å². The molecule has 0 aromatic carbocycles. The van der Waals surface area contributed by atoms with E-state index >= 15 is 0 Å². The van der Waals surface area contributed by atoms with Crippen LogP contribution in [0.1, 0.15) is 188 Å². The van der Waals surface area contributed by atoms with Gasteiger partial charge in [-0.25, -0.2) is 0 Å². The maximum atomic E-state index is 6.23.